The molecule has 160 valence electrons. The molecule has 0 aliphatic carbocycles. The van der Waals surface area contributed by atoms with Crippen LogP contribution in [0.15, 0.2) is 18.2 Å². The smallest absolute Gasteiger partial charge is 0.417 e. The van der Waals surface area contributed by atoms with E-state index >= 15 is 0 Å². The molecular formula is C23H31F3N2O. The third kappa shape index (κ3) is 5.28. The van der Waals surface area contributed by atoms with Crippen LogP contribution in [0.1, 0.15) is 64.1 Å². The summed E-state index contributed by atoms with van der Waals surface area (Å²) in [6, 6.07) is 4.33. The van der Waals surface area contributed by atoms with E-state index in [0.29, 0.717) is 35.7 Å². The van der Waals surface area contributed by atoms with Crippen molar-refractivity contribution in [2.45, 2.75) is 73.6 Å². The van der Waals surface area contributed by atoms with Gasteiger partial charge in [0.1, 0.15) is 11.8 Å². The van der Waals surface area contributed by atoms with Gasteiger partial charge in [-0.05, 0) is 37.7 Å². The van der Waals surface area contributed by atoms with Crippen LogP contribution < -0.4 is 4.74 Å². The Morgan fingerprint density at radius 3 is 2.00 bits per heavy atom. The predicted molar refractivity (Wildman–Crippen MR) is 110 cm³/mol. The molecule has 0 aliphatic rings. The molecule has 0 fully saturated rings. The highest BCUT2D eigenvalue weighted by atomic mass is 19.4. The van der Waals surface area contributed by atoms with Crippen molar-refractivity contribution in [2.24, 2.45) is 11.8 Å². The first-order chi connectivity index (χ1) is 13.5. The fourth-order valence-electron chi connectivity index (χ4n) is 3.54. The molecule has 1 heterocycles. The van der Waals surface area contributed by atoms with Gasteiger partial charge in [0.25, 0.3) is 0 Å². The second-order valence-corrected chi connectivity index (χ2v) is 8.10. The molecule has 0 aliphatic heterocycles. The van der Waals surface area contributed by atoms with E-state index in [9.17, 15) is 13.2 Å². The van der Waals surface area contributed by atoms with Crippen molar-refractivity contribution in [3.05, 3.63) is 40.7 Å². The van der Waals surface area contributed by atoms with Gasteiger partial charge in [0.2, 0.25) is 5.88 Å². The maximum atomic E-state index is 13.7. The Hall–Kier alpha value is -2.11. The quantitative estimate of drug-likeness (QED) is 0.514. The first-order valence-corrected chi connectivity index (χ1v) is 10.2. The largest absolute Gasteiger partial charge is 0.473 e. The molecule has 0 saturated carbocycles. The summed E-state index contributed by atoms with van der Waals surface area (Å²) in [6.07, 6.45) is -3.52. The molecular weight excluding hydrogens is 377 g/mol. The van der Waals surface area contributed by atoms with E-state index in [1.54, 1.807) is 13.0 Å². The first kappa shape index (κ1) is 23.2. The van der Waals surface area contributed by atoms with Crippen molar-refractivity contribution in [3.63, 3.8) is 0 Å². The minimum Gasteiger partial charge on any atom is -0.473 e. The highest BCUT2D eigenvalue weighted by molar-refractivity contribution is 5.68. The van der Waals surface area contributed by atoms with Gasteiger partial charge in [-0.25, -0.2) is 9.97 Å². The van der Waals surface area contributed by atoms with Crippen LogP contribution in [0.2, 0.25) is 0 Å². The Morgan fingerprint density at radius 2 is 1.52 bits per heavy atom. The van der Waals surface area contributed by atoms with Crippen LogP contribution in [0.3, 0.4) is 0 Å². The van der Waals surface area contributed by atoms with Crippen molar-refractivity contribution in [1.82, 2.24) is 9.97 Å². The minimum absolute atomic E-state index is 0.0460. The molecule has 0 saturated heterocycles. The Balaban J connectivity index is 2.65. The molecule has 2 aromatic rings. The van der Waals surface area contributed by atoms with Crippen molar-refractivity contribution >= 4 is 0 Å². The van der Waals surface area contributed by atoms with E-state index in [2.05, 4.69) is 37.7 Å². The molecule has 0 spiro atoms. The lowest BCUT2D eigenvalue weighted by molar-refractivity contribution is -0.137. The number of alkyl halides is 3. The standard InChI is InChI=1S/C23H31F3N2O/c1-8-18-20(16-11-10-15(7)12-17(16)23(24,25)26)27-19(9-2)22(28-18)29-21(13(3)4)14(5)6/h10-14,21H,8-9H2,1-7H3. The van der Waals surface area contributed by atoms with Crippen molar-refractivity contribution in [2.75, 3.05) is 0 Å². The average molecular weight is 409 g/mol. The van der Waals surface area contributed by atoms with Gasteiger partial charge in [-0.1, -0.05) is 59.2 Å². The number of benzene rings is 1. The van der Waals surface area contributed by atoms with Crippen LogP contribution in [-0.2, 0) is 19.0 Å². The van der Waals surface area contributed by atoms with Gasteiger partial charge in [0.15, 0.2) is 0 Å². The van der Waals surface area contributed by atoms with E-state index in [4.69, 9.17) is 4.74 Å². The lowest BCUT2D eigenvalue weighted by Crippen LogP contribution is -2.30. The molecule has 0 bridgehead atoms. The molecule has 0 unspecified atom stereocenters. The lowest BCUT2D eigenvalue weighted by Gasteiger charge is -2.27. The molecule has 1 aromatic carbocycles. The summed E-state index contributed by atoms with van der Waals surface area (Å²) >= 11 is 0. The van der Waals surface area contributed by atoms with Crippen LogP contribution in [0.4, 0.5) is 13.2 Å². The third-order valence-corrected chi connectivity index (χ3v) is 4.97. The molecule has 0 atom stereocenters. The van der Waals surface area contributed by atoms with Gasteiger partial charge in [-0.15, -0.1) is 0 Å². The fraction of sp³-hybridized carbons (Fsp3) is 0.565. The zero-order valence-corrected chi connectivity index (χ0v) is 18.3. The minimum atomic E-state index is -4.46. The number of hydrogen-bond donors (Lipinski definition) is 0. The number of ether oxygens (including phenoxy) is 1. The molecule has 29 heavy (non-hydrogen) atoms. The van der Waals surface area contributed by atoms with Crippen LogP contribution in [-0.4, -0.2) is 16.1 Å². The fourth-order valence-corrected chi connectivity index (χ4v) is 3.54. The van der Waals surface area contributed by atoms with E-state index in [1.165, 1.54) is 12.1 Å². The number of nitrogens with zero attached hydrogens (tertiary/aromatic N) is 2. The van der Waals surface area contributed by atoms with Gasteiger partial charge < -0.3 is 4.74 Å². The second-order valence-electron chi connectivity index (χ2n) is 8.10. The molecule has 0 amide bonds. The summed E-state index contributed by atoms with van der Waals surface area (Å²) in [5.41, 5.74) is 1.32. The second kappa shape index (κ2) is 9.14. The number of rotatable bonds is 7. The Bertz CT molecular complexity index is 837. The summed E-state index contributed by atoms with van der Waals surface area (Å²) in [5.74, 6) is 0.988. The Labute approximate surface area is 171 Å². The van der Waals surface area contributed by atoms with Gasteiger partial charge in [0, 0.05) is 5.56 Å². The van der Waals surface area contributed by atoms with E-state index in [-0.39, 0.29) is 29.2 Å². The van der Waals surface area contributed by atoms with Crippen molar-refractivity contribution in [3.8, 4) is 17.1 Å². The molecule has 2 rings (SSSR count). The van der Waals surface area contributed by atoms with Gasteiger partial charge >= 0.3 is 6.18 Å². The zero-order valence-electron chi connectivity index (χ0n) is 18.3. The Kier molecular flexibility index (Phi) is 7.30. The summed E-state index contributed by atoms with van der Waals surface area (Å²) < 4.78 is 47.3. The predicted octanol–water partition coefficient (Wildman–Crippen LogP) is 6.66. The van der Waals surface area contributed by atoms with Gasteiger partial charge in [0.05, 0.1) is 17.0 Å². The Morgan fingerprint density at radius 1 is 0.931 bits per heavy atom. The molecule has 0 N–H and O–H groups in total. The van der Waals surface area contributed by atoms with Gasteiger partial charge in [-0.3, -0.25) is 0 Å². The van der Waals surface area contributed by atoms with E-state index in [0.717, 1.165) is 0 Å². The van der Waals surface area contributed by atoms with Crippen LogP contribution in [0.5, 0.6) is 5.88 Å². The van der Waals surface area contributed by atoms with Gasteiger partial charge in [-0.2, -0.15) is 13.2 Å². The average Bonchev–Trinajstić information content (AvgIpc) is 2.64. The topological polar surface area (TPSA) is 35.0 Å². The number of hydrogen-bond acceptors (Lipinski definition) is 3. The lowest BCUT2D eigenvalue weighted by atomic mass is 9.96. The van der Waals surface area contributed by atoms with Crippen LogP contribution >= 0.6 is 0 Å². The number of aryl methyl sites for hydroxylation is 3. The zero-order chi connectivity index (χ0) is 21.9. The summed E-state index contributed by atoms with van der Waals surface area (Å²) in [5, 5.41) is 0. The number of aromatic nitrogens is 2. The first-order valence-electron chi connectivity index (χ1n) is 10.2. The van der Waals surface area contributed by atoms with Crippen molar-refractivity contribution < 1.29 is 17.9 Å². The highest BCUT2D eigenvalue weighted by Gasteiger charge is 2.35. The molecule has 0 radical (unpaired) electrons. The van der Waals surface area contributed by atoms with Crippen LogP contribution in [0.25, 0.3) is 11.3 Å². The van der Waals surface area contributed by atoms with E-state index < -0.39 is 11.7 Å². The summed E-state index contributed by atoms with van der Waals surface area (Å²) in [7, 11) is 0. The SMILES string of the molecule is CCc1nc(-c2ccc(C)cc2C(F)(F)F)c(CC)nc1OC(C(C)C)C(C)C. The summed E-state index contributed by atoms with van der Waals surface area (Å²) in [4.78, 5) is 9.26. The van der Waals surface area contributed by atoms with Crippen LogP contribution in [0, 0.1) is 18.8 Å². The maximum absolute atomic E-state index is 13.7. The molecule has 1 aromatic heterocycles. The normalized spacial score (nSPS) is 12.3. The highest BCUT2D eigenvalue weighted by Crippen LogP contribution is 2.39. The number of halogens is 3. The molecule has 3 nitrogen and oxygen atoms in total. The molecule has 6 heteroatoms. The summed E-state index contributed by atoms with van der Waals surface area (Å²) in [6.45, 7) is 13.8. The monoisotopic (exact) mass is 408 g/mol. The van der Waals surface area contributed by atoms with Crippen molar-refractivity contribution in [1.29, 1.82) is 0 Å². The third-order valence-electron chi connectivity index (χ3n) is 4.97. The van der Waals surface area contributed by atoms with E-state index in [1.807, 2.05) is 13.8 Å². The maximum Gasteiger partial charge on any atom is 0.417 e.